The third-order valence-corrected chi connectivity index (χ3v) is 5.11. The molecule has 0 aliphatic carbocycles. The van der Waals surface area contributed by atoms with Gasteiger partial charge in [0.2, 0.25) is 0 Å². The van der Waals surface area contributed by atoms with Crippen LogP contribution in [0.5, 0.6) is 0 Å². The van der Waals surface area contributed by atoms with E-state index >= 15 is 0 Å². The number of rotatable bonds is 6. The standard InChI is InChI=1S/C19H24N4O2/c24-19-23(17-8-1-2-9-18(17)25-19)14-6-12-21-11-4-3-7-16(21)15-22-13-5-10-20-22/h1-2,5,8-10,13,16H,3-4,6-7,11-12,14-15H2. The number of aromatic nitrogens is 3. The van der Waals surface area contributed by atoms with Gasteiger partial charge in [-0.2, -0.15) is 5.10 Å². The molecule has 1 unspecified atom stereocenters. The molecule has 1 atom stereocenters. The Labute approximate surface area is 146 Å². The van der Waals surface area contributed by atoms with Crippen LogP contribution in [-0.2, 0) is 13.1 Å². The fourth-order valence-corrected chi connectivity index (χ4v) is 3.84. The Morgan fingerprint density at radius 3 is 2.96 bits per heavy atom. The van der Waals surface area contributed by atoms with Crippen LogP contribution in [0.25, 0.3) is 11.1 Å². The quantitative estimate of drug-likeness (QED) is 0.692. The average molecular weight is 340 g/mol. The Kier molecular flexibility index (Phi) is 4.70. The van der Waals surface area contributed by atoms with Crippen molar-refractivity contribution in [1.82, 2.24) is 19.2 Å². The summed E-state index contributed by atoms with van der Waals surface area (Å²) in [6, 6.07) is 10.1. The minimum atomic E-state index is -0.257. The zero-order valence-electron chi connectivity index (χ0n) is 14.4. The molecular weight excluding hydrogens is 316 g/mol. The topological polar surface area (TPSA) is 56.2 Å². The fourth-order valence-electron chi connectivity index (χ4n) is 3.84. The van der Waals surface area contributed by atoms with Gasteiger partial charge < -0.3 is 4.42 Å². The number of aryl methyl sites for hydroxylation is 1. The molecule has 1 aromatic carbocycles. The molecule has 2 aromatic heterocycles. The number of likely N-dealkylation sites (tertiary alicyclic amines) is 1. The summed E-state index contributed by atoms with van der Waals surface area (Å²) in [5.41, 5.74) is 1.56. The van der Waals surface area contributed by atoms with E-state index in [-0.39, 0.29) is 5.76 Å². The van der Waals surface area contributed by atoms with Crippen molar-refractivity contribution >= 4 is 11.1 Å². The lowest BCUT2D eigenvalue weighted by atomic mass is 10.0. The van der Waals surface area contributed by atoms with Crippen LogP contribution in [0.15, 0.2) is 51.9 Å². The van der Waals surface area contributed by atoms with Crippen molar-refractivity contribution < 1.29 is 4.42 Å². The highest BCUT2D eigenvalue weighted by Gasteiger charge is 2.22. The second-order valence-corrected chi connectivity index (χ2v) is 6.75. The van der Waals surface area contributed by atoms with Crippen molar-refractivity contribution in [3.63, 3.8) is 0 Å². The smallest absolute Gasteiger partial charge is 0.408 e. The number of para-hydroxylation sites is 2. The summed E-state index contributed by atoms with van der Waals surface area (Å²) >= 11 is 0. The Morgan fingerprint density at radius 1 is 1.16 bits per heavy atom. The van der Waals surface area contributed by atoms with Gasteiger partial charge >= 0.3 is 5.76 Å². The Bertz CT molecular complexity index is 865. The van der Waals surface area contributed by atoms with Crippen molar-refractivity contribution in [3.05, 3.63) is 53.3 Å². The molecule has 1 aliphatic rings. The van der Waals surface area contributed by atoms with Gasteiger partial charge in [0.05, 0.1) is 12.1 Å². The summed E-state index contributed by atoms with van der Waals surface area (Å²) in [6.07, 6.45) is 8.57. The highest BCUT2D eigenvalue weighted by atomic mass is 16.4. The number of fused-ring (bicyclic) bond motifs is 1. The third-order valence-electron chi connectivity index (χ3n) is 5.11. The Morgan fingerprint density at radius 2 is 2.08 bits per heavy atom. The monoisotopic (exact) mass is 340 g/mol. The first kappa shape index (κ1) is 16.1. The number of hydrogen-bond donors (Lipinski definition) is 0. The van der Waals surface area contributed by atoms with E-state index in [0.717, 1.165) is 31.6 Å². The molecule has 132 valence electrons. The SMILES string of the molecule is O=c1oc2ccccc2n1CCCN1CCCCC1Cn1cccn1. The maximum Gasteiger partial charge on any atom is 0.419 e. The van der Waals surface area contributed by atoms with E-state index < -0.39 is 0 Å². The molecule has 0 radical (unpaired) electrons. The van der Waals surface area contributed by atoms with Crippen molar-refractivity contribution in [2.45, 2.75) is 44.8 Å². The zero-order chi connectivity index (χ0) is 17.1. The van der Waals surface area contributed by atoms with Crippen LogP contribution >= 0.6 is 0 Å². The summed E-state index contributed by atoms with van der Waals surface area (Å²) in [4.78, 5) is 14.6. The molecule has 6 nitrogen and oxygen atoms in total. The van der Waals surface area contributed by atoms with Crippen LogP contribution in [0.1, 0.15) is 25.7 Å². The van der Waals surface area contributed by atoms with E-state index in [2.05, 4.69) is 10.00 Å². The number of piperidine rings is 1. The number of nitrogens with zero attached hydrogens (tertiary/aromatic N) is 4. The first-order chi connectivity index (χ1) is 12.3. The van der Waals surface area contributed by atoms with Gasteiger partial charge in [0, 0.05) is 31.5 Å². The van der Waals surface area contributed by atoms with Crippen LogP contribution in [0.2, 0.25) is 0 Å². The van der Waals surface area contributed by atoms with Crippen molar-refractivity contribution in [1.29, 1.82) is 0 Å². The molecule has 0 spiro atoms. The van der Waals surface area contributed by atoms with Gasteiger partial charge in [0.25, 0.3) is 0 Å². The van der Waals surface area contributed by atoms with E-state index in [1.807, 2.05) is 47.4 Å². The first-order valence-corrected chi connectivity index (χ1v) is 9.11. The molecule has 4 rings (SSSR count). The van der Waals surface area contributed by atoms with Gasteiger partial charge in [-0.25, -0.2) is 4.79 Å². The van der Waals surface area contributed by atoms with Crippen LogP contribution in [0, 0.1) is 0 Å². The predicted molar refractivity (Wildman–Crippen MR) is 96.5 cm³/mol. The van der Waals surface area contributed by atoms with Crippen LogP contribution in [-0.4, -0.2) is 38.4 Å². The molecule has 0 N–H and O–H groups in total. The van der Waals surface area contributed by atoms with E-state index in [9.17, 15) is 4.79 Å². The van der Waals surface area contributed by atoms with Crippen molar-refractivity contribution in [2.75, 3.05) is 13.1 Å². The summed E-state index contributed by atoms with van der Waals surface area (Å²) in [5.74, 6) is -0.257. The first-order valence-electron chi connectivity index (χ1n) is 9.11. The lowest BCUT2D eigenvalue weighted by Crippen LogP contribution is -2.43. The lowest BCUT2D eigenvalue weighted by molar-refractivity contribution is 0.126. The highest BCUT2D eigenvalue weighted by molar-refractivity contribution is 5.72. The molecule has 6 heteroatoms. The Balaban J connectivity index is 1.39. The summed E-state index contributed by atoms with van der Waals surface area (Å²) < 4.78 is 9.09. The highest BCUT2D eigenvalue weighted by Crippen LogP contribution is 2.19. The molecule has 25 heavy (non-hydrogen) atoms. The van der Waals surface area contributed by atoms with Gasteiger partial charge in [-0.05, 0) is 44.0 Å². The molecule has 0 amide bonds. The number of oxazole rings is 1. The maximum absolute atomic E-state index is 12.1. The fraction of sp³-hybridized carbons (Fsp3) is 0.474. The summed E-state index contributed by atoms with van der Waals surface area (Å²) in [7, 11) is 0. The Hall–Kier alpha value is -2.34. The minimum absolute atomic E-state index is 0.257. The van der Waals surface area contributed by atoms with Crippen molar-refractivity contribution in [3.8, 4) is 0 Å². The number of hydrogen-bond acceptors (Lipinski definition) is 4. The molecule has 0 bridgehead atoms. The molecule has 3 aromatic rings. The van der Waals surface area contributed by atoms with Gasteiger partial charge in [-0.15, -0.1) is 0 Å². The van der Waals surface area contributed by atoms with Gasteiger partial charge in [-0.3, -0.25) is 14.1 Å². The van der Waals surface area contributed by atoms with E-state index in [1.54, 1.807) is 4.57 Å². The third kappa shape index (κ3) is 3.54. The molecule has 0 saturated carbocycles. The molecule has 1 saturated heterocycles. The average Bonchev–Trinajstić information content (AvgIpc) is 3.24. The normalized spacial score (nSPS) is 18.8. The maximum atomic E-state index is 12.1. The second-order valence-electron chi connectivity index (χ2n) is 6.75. The second kappa shape index (κ2) is 7.27. The molecular formula is C19H24N4O2. The summed E-state index contributed by atoms with van der Waals surface area (Å²) in [6.45, 7) is 3.77. The van der Waals surface area contributed by atoms with Crippen LogP contribution in [0.3, 0.4) is 0 Å². The predicted octanol–water partition coefficient (Wildman–Crippen LogP) is 2.74. The van der Waals surface area contributed by atoms with Crippen molar-refractivity contribution in [2.24, 2.45) is 0 Å². The van der Waals surface area contributed by atoms with Gasteiger partial charge in [-0.1, -0.05) is 18.6 Å². The molecule has 3 heterocycles. The van der Waals surface area contributed by atoms with E-state index in [4.69, 9.17) is 4.42 Å². The molecule has 1 fully saturated rings. The van der Waals surface area contributed by atoms with E-state index in [1.165, 1.54) is 19.3 Å². The van der Waals surface area contributed by atoms with Gasteiger partial charge in [0.15, 0.2) is 5.58 Å². The molecule has 1 aliphatic heterocycles. The zero-order valence-corrected chi connectivity index (χ0v) is 14.4. The van der Waals surface area contributed by atoms with Crippen LogP contribution in [0.4, 0.5) is 0 Å². The van der Waals surface area contributed by atoms with Gasteiger partial charge in [0.1, 0.15) is 0 Å². The largest absolute Gasteiger partial charge is 0.419 e. The number of benzene rings is 1. The minimum Gasteiger partial charge on any atom is -0.408 e. The van der Waals surface area contributed by atoms with E-state index in [0.29, 0.717) is 18.2 Å². The lowest BCUT2D eigenvalue weighted by Gasteiger charge is -2.35. The van der Waals surface area contributed by atoms with Crippen LogP contribution < -0.4 is 5.76 Å². The summed E-state index contributed by atoms with van der Waals surface area (Å²) in [5, 5.41) is 4.34.